The Hall–Kier alpha value is -3.66. The first-order valence-corrected chi connectivity index (χ1v) is 12.3. The van der Waals surface area contributed by atoms with Crippen molar-refractivity contribution in [3.8, 4) is 11.4 Å². The van der Waals surface area contributed by atoms with Crippen LogP contribution >= 0.6 is 11.8 Å². The quantitative estimate of drug-likeness (QED) is 0.347. The van der Waals surface area contributed by atoms with Gasteiger partial charge in [-0.2, -0.15) is 0 Å². The summed E-state index contributed by atoms with van der Waals surface area (Å²) in [6, 6.07) is 12.5. The molecular formula is C26H30N4O5S. The SMILES string of the molecule is CCn1c(SCC(=O)Nc2cc(C(=O)OC)cc(C(=O)OC)c2)nnc1-c1ccc(C(C)(C)C)cc1. The summed E-state index contributed by atoms with van der Waals surface area (Å²) in [5.41, 5.74) is 2.75. The first kappa shape index (κ1) is 26.9. The Labute approximate surface area is 214 Å². The molecule has 0 fully saturated rings. The van der Waals surface area contributed by atoms with Gasteiger partial charge in [-0.1, -0.05) is 56.8 Å². The van der Waals surface area contributed by atoms with Crippen LogP contribution < -0.4 is 5.32 Å². The van der Waals surface area contributed by atoms with E-state index in [-0.39, 0.29) is 33.9 Å². The van der Waals surface area contributed by atoms with Gasteiger partial charge in [0, 0.05) is 17.8 Å². The van der Waals surface area contributed by atoms with Crippen LogP contribution in [0.15, 0.2) is 47.6 Å². The number of ether oxygens (including phenoxy) is 2. The molecule has 0 aliphatic rings. The van der Waals surface area contributed by atoms with Gasteiger partial charge in [-0.05, 0) is 36.1 Å². The number of nitrogens with one attached hydrogen (secondary N) is 1. The Morgan fingerprint density at radius 2 is 1.53 bits per heavy atom. The molecule has 3 aromatic rings. The third-order valence-electron chi connectivity index (χ3n) is 5.43. The van der Waals surface area contributed by atoms with Gasteiger partial charge >= 0.3 is 11.9 Å². The molecule has 10 heteroatoms. The second-order valence-corrected chi connectivity index (χ2v) is 9.94. The Morgan fingerprint density at radius 3 is 2.03 bits per heavy atom. The fourth-order valence-corrected chi connectivity index (χ4v) is 4.31. The van der Waals surface area contributed by atoms with Crippen LogP contribution in [0.1, 0.15) is 54.0 Å². The minimum Gasteiger partial charge on any atom is -0.465 e. The topological polar surface area (TPSA) is 112 Å². The number of aromatic nitrogens is 3. The minimum absolute atomic E-state index is 0.0527. The lowest BCUT2D eigenvalue weighted by Gasteiger charge is -2.19. The zero-order valence-corrected chi connectivity index (χ0v) is 22.1. The van der Waals surface area contributed by atoms with Crippen molar-refractivity contribution in [3.63, 3.8) is 0 Å². The van der Waals surface area contributed by atoms with E-state index in [0.29, 0.717) is 11.7 Å². The van der Waals surface area contributed by atoms with E-state index in [0.717, 1.165) is 11.4 Å². The highest BCUT2D eigenvalue weighted by Gasteiger charge is 2.18. The second-order valence-electron chi connectivity index (χ2n) is 9.00. The Morgan fingerprint density at radius 1 is 0.944 bits per heavy atom. The zero-order chi connectivity index (χ0) is 26.5. The smallest absolute Gasteiger partial charge is 0.337 e. The van der Waals surface area contributed by atoms with Crippen molar-refractivity contribution >= 4 is 35.3 Å². The molecule has 0 unspecified atom stereocenters. The molecule has 1 N–H and O–H groups in total. The van der Waals surface area contributed by atoms with Crippen LogP contribution in [0.4, 0.5) is 5.69 Å². The largest absolute Gasteiger partial charge is 0.465 e. The summed E-state index contributed by atoms with van der Waals surface area (Å²) in [4.78, 5) is 36.6. The fourth-order valence-electron chi connectivity index (χ4n) is 3.51. The van der Waals surface area contributed by atoms with Gasteiger partial charge < -0.3 is 19.4 Å². The molecule has 0 spiro atoms. The molecule has 0 atom stereocenters. The summed E-state index contributed by atoms with van der Waals surface area (Å²) >= 11 is 1.25. The van der Waals surface area contributed by atoms with Gasteiger partial charge in [0.15, 0.2) is 11.0 Å². The number of hydrogen-bond acceptors (Lipinski definition) is 8. The van der Waals surface area contributed by atoms with Crippen molar-refractivity contribution in [2.75, 3.05) is 25.3 Å². The minimum atomic E-state index is -0.635. The van der Waals surface area contributed by atoms with Crippen molar-refractivity contribution < 1.29 is 23.9 Å². The highest BCUT2D eigenvalue weighted by Crippen LogP contribution is 2.28. The van der Waals surface area contributed by atoms with E-state index in [1.54, 1.807) is 0 Å². The molecule has 0 aliphatic heterocycles. The van der Waals surface area contributed by atoms with Crippen LogP contribution in [0.3, 0.4) is 0 Å². The molecule has 3 rings (SSSR count). The number of amides is 1. The first-order valence-electron chi connectivity index (χ1n) is 11.4. The van der Waals surface area contributed by atoms with Gasteiger partial charge in [-0.15, -0.1) is 10.2 Å². The predicted molar refractivity (Wildman–Crippen MR) is 138 cm³/mol. The number of hydrogen-bond donors (Lipinski definition) is 1. The monoisotopic (exact) mass is 510 g/mol. The maximum absolute atomic E-state index is 12.7. The standard InChI is InChI=1S/C26H30N4O5S/c1-7-30-22(16-8-10-19(11-9-16)26(2,3)4)28-29-25(30)36-15-21(31)27-20-13-17(23(32)34-5)12-18(14-20)24(33)35-6/h8-14H,7,15H2,1-6H3,(H,27,31). The molecule has 0 aliphatic carbocycles. The number of benzene rings is 2. The number of nitrogens with zero attached hydrogens (tertiary/aromatic N) is 3. The summed E-state index contributed by atoms with van der Waals surface area (Å²) in [6.07, 6.45) is 0. The van der Waals surface area contributed by atoms with Crippen LogP contribution in [0.5, 0.6) is 0 Å². The Bertz CT molecular complexity index is 1230. The molecule has 1 aromatic heterocycles. The summed E-state index contributed by atoms with van der Waals surface area (Å²) in [5.74, 6) is -0.819. The van der Waals surface area contributed by atoms with E-state index in [1.165, 1.54) is 49.7 Å². The average molecular weight is 511 g/mol. The van der Waals surface area contributed by atoms with Crippen molar-refractivity contribution in [1.82, 2.24) is 14.8 Å². The Kier molecular flexibility index (Phi) is 8.52. The molecule has 190 valence electrons. The highest BCUT2D eigenvalue weighted by molar-refractivity contribution is 7.99. The van der Waals surface area contributed by atoms with E-state index in [9.17, 15) is 14.4 Å². The van der Waals surface area contributed by atoms with E-state index in [1.807, 2.05) is 23.6 Å². The van der Waals surface area contributed by atoms with Crippen LogP contribution in [0.2, 0.25) is 0 Å². The number of methoxy groups -OCH3 is 2. The van der Waals surface area contributed by atoms with E-state index in [4.69, 9.17) is 9.47 Å². The van der Waals surface area contributed by atoms with Gasteiger partial charge in [0.05, 0.1) is 31.1 Å². The number of anilines is 1. The number of thioether (sulfide) groups is 1. The first-order chi connectivity index (χ1) is 17.1. The summed E-state index contributed by atoms with van der Waals surface area (Å²) < 4.78 is 11.4. The van der Waals surface area contributed by atoms with Crippen molar-refractivity contribution in [2.45, 2.75) is 44.8 Å². The van der Waals surface area contributed by atoms with Crippen molar-refractivity contribution in [2.24, 2.45) is 0 Å². The predicted octanol–water partition coefficient (Wildman–Crippen LogP) is 4.57. The van der Waals surface area contributed by atoms with Gasteiger partial charge in [0.1, 0.15) is 0 Å². The molecule has 2 aromatic carbocycles. The number of esters is 2. The maximum Gasteiger partial charge on any atom is 0.337 e. The van der Waals surface area contributed by atoms with Crippen LogP contribution in [0.25, 0.3) is 11.4 Å². The van der Waals surface area contributed by atoms with Gasteiger partial charge in [-0.3, -0.25) is 4.79 Å². The molecule has 0 radical (unpaired) electrons. The lowest BCUT2D eigenvalue weighted by molar-refractivity contribution is -0.113. The molecule has 9 nitrogen and oxygen atoms in total. The zero-order valence-electron chi connectivity index (χ0n) is 21.2. The Balaban J connectivity index is 1.74. The summed E-state index contributed by atoms with van der Waals surface area (Å²) in [6.45, 7) is 9.12. The molecular weight excluding hydrogens is 480 g/mol. The second kappa shape index (κ2) is 11.4. The molecule has 0 saturated heterocycles. The lowest BCUT2D eigenvalue weighted by atomic mass is 9.87. The number of carbonyl (C=O) groups is 3. The van der Waals surface area contributed by atoms with Gasteiger partial charge in [0.25, 0.3) is 0 Å². The summed E-state index contributed by atoms with van der Waals surface area (Å²) in [5, 5.41) is 12.0. The third-order valence-corrected chi connectivity index (χ3v) is 6.40. The lowest BCUT2D eigenvalue weighted by Crippen LogP contribution is -2.16. The molecule has 1 amide bonds. The van der Waals surface area contributed by atoms with Crippen LogP contribution in [-0.4, -0.2) is 52.6 Å². The van der Waals surface area contributed by atoms with Crippen molar-refractivity contribution in [3.05, 3.63) is 59.2 Å². The average Bonchev–Trinajstić information content (AvgIpc) is 3.28. The fraction of sp³-hybridized carbons (Fsp3) is 0.346. The number of rotatable bonds is 8. The van der Waals surface area contributed by atoms with Crippen molar-refractivity contribution in [1.29, 1.82) is 0 Å². The van der Waals surface area contributed by atoms with Crippen LogP contribution in [0, 0.1) is 0 Å². The van der Waals surface area contributed by atoms with Crippen LogP contribution in [-0.2, 0) is 26.2 Å². The maximum atomic E-state index is 12.7. The van der Waals surface area contributed by atoms with Gasteiger partial charge in [0.2, 0.25) is 5.91 Å². The highest BCUT2D eigenvalue weighted by atomic mass is 32.2. The molecule has 0 saturated carbocycles. The third kappa shape index (κ3) is 6.31. The van der Waals surface area contributed by atoms with E-state index >= 15 is 0 Å². The molecule has 1 heterocycles. The summed E-state index contributed by atoms with van der Waals surface area (Å²) in [7, 11) is 2.47. The normalized spacial score (nSPS) is 11.2. The van der Waals surface area contributed by atoms with E-state index < -0.39 is 11.9 Å². The molecule has 0 bridgehead atoms. The molecule has 36 heavy (non-hydrogen) atoms. The van der Waals surface area contributed by atoms with Gasteiger partial charge in [-0.25, -0.2) is 9.59 Å². The van der Waals surface area contributed by atoms with E-state index in [2.05, 4.69) is 48.4 Å². The number of carbonyl (C=O) groups excluding carboxylic acids is 3.